The third-order valence-corrected chi connectivity index (χ3v) is 6.93. The maximum Gasteiger partial charge on any atom is 0.166 e. The van der Waals surface area contributed by atoms with Gasteiger partial charge in [-0.1, -0.05) is 54.1 Å². The SMILES string of the molecule is Cc1nn(-c2ccccc2)c2nc3c(c(C)nn3-c3ccccc3)c(-c3ccc4cc(Cl)ccc4n3)c12. The lowest BCUT2D eigenvalue weighted by atomic mass is 10.0. The maximum absolute atomic E-state index is 6.24. The van der Waals surface area contributed by atoms with E-state index in [0.717, 1.165) is 67.0 Å². The molecule has 178 valence electrons. The van der Waals surface area contributed by atoms with Gasteiger partial charge in [-0.15, -0.1) is 0 Å². The van der Waals surface area contributed by atoms with Crippen LogP contribution in [-0.4, -0.2) is 29.5 Å². The molecular weight excluding hydrogens is 480 g/mol. The minimum atomic E-state index is 0.690. The van der Waals surface area contributed by atoms with Crippen molar-refractivity contribution in [3.05, 3.63) is 107 Å². The van der Waals surface area contributed by atoms with Gasteiger partial charge in [0.2, 0.25) is 0 Å². The zero-order valence-corrected chi connectivity index (χ0v) is 21.0. The number of rotatable bonds is 3. The van der Waals surface area contributed by atoms with E-state index in [-0.39, 0.29) is 0 Å². The molecule has 7 heteroatoms. The minimum Gasteiger partial charge on any atom is -0.248 e. The van der Waals surface area contributed by atoms with E-state index in [1.54, 1.807) is 0 Å². The summed E-state index contributed by atoms with van der Waals surface area (Å²) in [7, 11) is 0. The van der Waals surface area contributed by atoms with Gasteiger partial charge < -0.3 is 0 Å². The molecule has 4 aromatic heterocycles. The number of aryl methyl sites for hydroxylation is 2. The number of benzene rings is 3. The van der Waals surface area contributed by atoms with Gasteiger partial charge in [0.25, 0.3) is 0 Å². The number of hydrogen-bond donors (Lipinski definition) is 0. The molecule has 0 fully saturated rings. The fraction of sp³-hybridized carbons (Fsp3) is 0.0667. The summed E-state index contributed by atoms with van der Waals surface area (Å²) in [5.41, 5.74) is 7.89. The molecule has 37 heavy (non-hydrogen) atoms. The fourth-order valence-corrected chi connectivity index (χ4v) is 5.22. The number of nitrogens with zero attached hydrogens (tertiary/aromatic N) is 6. The van der Waals surface area contributed by atoms with Crippen LogP contribution in [0.15, 0.2) is 91.0 Å². The van der Waals surface area contributed by atoms with E-state index < -0.39 is 0 Å². The molecule has 6 nitrogen and oxygen atoms in total. The maximum atomic E-state index is 6.24. The molecule has 0 atom stereocenters. The standard InChI is InChI=1S/C30H21ClN6/c1-18-26-28(25-15-13-20-17-21(31)14-16-24(20)32-25)27-19(2)35-37(23-11-7-4-8-12-23)30(27)33-29(26)36(34-18)22-9-5-3-6-10-22/h3-17H,1-2H3. The highest BCUT2D eigenvalue weighted by Gasteiger charge is 2.24. The van der Waals surface area contributed by atoms with Crippen molar-refractivity contribution < 1.29 is 0 Å². The Labute approximate surface area is 217 Å². The lowest BCUT2D eigenvalue weighted by Crippen LogP contribution is -2.01. The Balaban J connectivity index is 1.64. The van der Waals surface area contributed by atoms with Crippen molar-refractivity contribution in [3.8, 4) is 22.6 Å². The van der Waals surface area contributed by atoms with Gasteiger partial charge in [0.05, 0.1) is 44.7 Å². The summed E-state index contributed by atoms with van der Waals surface area (Å²) in [6.07, 6.45) is 0. The van der Waals surface area contributed by atoms with Crippen molar-refractivity contribution in [2.75, 3.05) is 0 Å². The number of pyridine rings is 2. The van der Waals surface area contributed by atoms with Crippen molar-refractivity contribution in [2.45, 2.75) is 13.8 Å². The highest BCUT2D eigenvalue weighted by atomic mass is 35.5. The van der Waals surface area contributed by atoms with Gasteiger partial charge in [-0.05, 0) is 62.4 Å². The van der Waals surface area contributed by atoms with E-state index in [0.29, 0.717) is 5.02 Å². The molecule has 0 aliphatic rings. The third kappa shape index (κ3) is 3.41. The highest BCUT2D eigenvalue weighted by molar-refractivity contribution is 6.31. The van der Waals surface area contributed by atoms with Crippen molar-refractivity contribution in [2.24, 2.45) is 0 Å². The summed E-state index contributed by atoms with van der Waals surface area (Å²) in [5.74, 6) is 0. The molecule has 4 heterocycles. The van der Waals surface area contributed by atoms with E-state index >= 15 is 0 Å². The number of hydrogen-bond acceptors (Lipinski definition) is 4. The van der Waals surface area contributed by atoms with E-state index in [9.17, 15) is 0 Å². The first-order chi connectivity index (χ1) is 18.1. The average molecular weight is 501 g/mol. The molecule has 3 aromatic carbocycles. The first kappa shape index (κ1) is 21.7. The molecule has 0 aliphatic heterocycles. The Kier molecular flexibility index (Phi) is 4.84. The number of halogens is 1. The van der Waals surface area contributed by atoms with Crippen LogP contribution in [0, 0.1) is 13.8 Å². The quantitative estimate of drug-likeness (QED) is 0.256. The molecule has 0 unspecified atom stereocenters. The Morgan fingerprint density at radius 1 is 0.622 bits per heavy atom. The van der Waals surface area contributed by atoms with Crippen LogP contribution in [0.2, 0.25) is 5.02 Å². The largest absolute Gasteiger partial charge is 0.248 e. The van der Waals surface area contributed by atoms with Gasteiger partial charge in [-0.3, -0.25) is 0 Å². The Bertz CT molecular complexity index is 1860. The van der Waals surface area contributed by atoms with Crippen molar-refractivity contribution in [1.29, 1.82) is 0 Å². The zero-order valence-electron chi connectivity index (χ0n) is 20.2. The van der Waals surface area contributed by atoms with Crippen LogP contribution < -0.4 is 0 Å². The lowest BCUT2D eigenvalue weighted by Gasteiger charge is -2.10. The third-order valence-electron chi connectivity index (χ3n) is 6.69. The van der Waals surface area contributed by atoms with E-state index in [4.69, 9.17) is 31.8 Å². The summed E-state index contributed by atoms with van der Waals surface area (Å²) in [4.78, 5) is 10.3. The second kappa shape index (κ2) is 8.25. The number of para-hydroxylation sites is 2. The van der Waals surface area contributed by atoms with Crippen LogP contribution in [0.25, 0.3) is 55.6 Å². The summed E-state index contributed by atoms with van der Waals surface area (Å²) >= 11 is 6.24. The molecule has 0 saturated heterocycles. The van der Waals surface area contributed by atoms with E-state index in [1.165, 1.54) is 0 Å². The van der Waals surface area contributed by atoms with Crippen LogP contribution >= 0.6 is 11.6 Å². The van der Waals surface area contributed by atoms with Crippen molar-refractivity contribution >= 4 is 44.6 Å². The Morgan fingerprint density at radius 3 is 1.76 bits per heavy atom. The molecule has 7 aromatic rings. The summed E-state index contributed by atoms with van der Waals surface area (Å²) in [5, 5.41) is 13.5. The number of aromatic nitrogens is 6. The predicted molar refractivity (Wildman–Crippen MR) is 149 cm³/mol. The molecule has 7 rings (SSSR count). The molecule has 0 saturated carbocycles. The van der Waals surface area contributed by atoms with Gasteiger partial charge >= 0.3 is 0 Å². The fourth-order valence-electron chi connectivity index (χ4n) is 5.04. The molecule has 0 bridgehead atoms. The topological polar surface area (TPSA) is 61.4 Å². The second-order valence-electron chi connectivity index (χ2n) is 9.08. The van der Waals surface area contributed by atoms with Gasteiger partial charge in [0.15, 0.2) is 11.3 Å². The van der Waals surface area contributed by atoms with Crippen molar-refractivity contribution in [3.63, 3.8) is 0 Å². The molecule has 0 N–H and O–H groups in total. The summed E-state index contributed by atoms with van der Waals surface area (Å²) < 4.78 is 3.82. The average Bonchev–Trinajstić information content (AvgIpc) is 3.45. The normalized spacial score (nSPS) is 11.6. The second-order valence-corrected chi connectivity index (χ2v) is 9.52. The molecule has 0 radical (unpaired) electrons. The lowest BCUT2D eigenvalue weighted by molar-refractivity contribution is 0.863. The zero-order chi connectivity index (χ0) is 25.1. The summed E-state index contributed by atoms with van der Waals surface area (Å²) in [6, 6.07) is 30.0. The van der Waals surface area contributed by atoms with Gasteiger partial charge in [0.1, 0.15) is 0 Å². The molecular formula is C30H21ClN6. The Hall–Kier alpha value is -4.55. The van der Waals surface area contributed by atoms with Crippen LogP contribution in [0.3, 0.4) is 0 Å². The first-order valence-electron chi connectivity index (χ1n) is 12.0. The van der Waals surface area contributed by atoms with Gasteiger partial charge in [0, 0.05) is 16.0 Å². The first-order valence-corrected chi connectivity index (χ1v) is 12.4. The van der Waals surface area contributed by atoms with Crippen LogP contribution in [-0.2, 0) is 0 Å². The predicted octanol–water partition coefficient (Wildman–Crippen LogP) is 7.24. The van der Waals surface area contributed by atoms with Gasteiger partial charge in [-0.25, -0.2) is 19.3 Å². The van der Waals surface area contributed by atoms with Crippen LogP contribution in [0.4, 0.5) is 0 Å². The van der Waals surface area contributed by atoms with Gasteiger partial charge in [-0.2, -0.15) is 10.2 Å². The molecule has 0 aliphatic carbocycles. The van der Waals surface area contributed by atoms with Crippen LogP contribution in [0.5, 0.6) is 0 Å². The van der Waals surface area contributed by atoms with Crippen LogP contribution in [0.1, 0.15) is 11.4 Å². The van der Waals surface area contributed by atoms with E-state index in [1.807, 2.05) is 108 Å². The number of fused-ring (bicyclic) bond motifs is 3. The monoisotopic (exact) mass is 500 g/mol. The smallest absolute Gasteiger partial charge is 0.166 e. The van der Waals surface area contributed by atoms with E-state index in [2.05, 4.69) is 6.07 Å². The Morgan fingerprint density at radius 2 is 1.19 bits per heavy atom. The highest BCUT2D eigenvalue weighted by Crippen LogP contribution is 2.39. The molecule has 0 spiro atoms. The molecule has 0 amide bonds. The summed E-state index contributed by atoms with van der Waals surface area (Å²) in [6.45, 7) is 4.05. The minimum absolute atomic E-state index is 0.690. The van der Waals surface area contributed by atoms with Crippen molar-refractivity contribution in [1.82, 2.24) is 29.5 Å².